The number of ether oxygens (including phenoxy) is 1. The van der Waals surface area contributed by atoms with Crippen LogP contribution in [0.25, 0.3) is 10.9 Å². The lowest BCUT2D eigenvalue weighted by atomic mass is 10.1. The summed E-state index contributed by atoms with van der Waals surface area (Å²) in [7, 11) is 3.34. The average molecular weight is 418 g/mol. The van der Waals surface area contributed by atoms with Gasteiger partial charge >= 0.3 is 6.18 Å². The van der Waals surface area contributed by atoms with Crippen LogP contribution in [-0.4, -0.2) is 53.9 Å². The summed E-state index contributed by atoms with van der Waals surface area (Å²) in [4.78, 5) is 16.5. The molecule has 30 heavy (non-hydrogen) atoms. The van der Waals surface area contributed by atoms with E-state index in [1.165, 1.54) is 6.07 Å². The third-order valence-corrected chi connectivity index (χ3v) is 5.33. The van der Waals surface area contributed by atoms with Gasteiger partial charge in [0, 0.05) is 44.5 Å². The van der Waals surface area contributed by atoms with E-state index < -0.39 is 11.7 Å². The van der Waals surface area contributed by atoms with Crippen molar-refractivity contribution < 1.29 is 22.7 Å². The number of rotatable bonds is 3. The molecule has 6 nitrogen and oxygen atoms in total. The van der Waals surface area contributed by atoms with Crippen LogP contribution in [0.4, 0.5) is 18.9 Å². The summed E-state index contributed by atoms with van der Waals surface area (Å²) in [6.07, 6.45) is -4.37. The molecule has 0 atom stereocenters. The van der Waals surface area contributed by atoms with Gasteiger partial charge in [-0.25, -0.2) is 4.68 Å². The molecular formula is C21H21F3N4O2. The van der Waals surface area contributed by atoms with E-state index in [9.17, 15) is 18.0 Å². The molecule has 0 unspecified atom stereocenters. The van der Waals surface area contributed by atoms with Crippen LogP contribution in [0, 0.1) is 0 Å². The van der Waals surface area contributed by atoms with E-state index >= 15 is 0 Å². The second-order valence-corrected chi connectivity index (χ2v) is 7.19. The Hall–Kier alpha value is -3.23. The topological polar surface area (TPSA) is 50.6 Å². The number of hydrogen-bond acceptors (Lipinski definition) is 4. The quantitative estimate of drug-likeness (QED) is 0.653. The first-order valence-electron chi connectivity index (χ1n) is 9.50. The van der Waals surface area contributed by atoms with Crippen molar-refractivity contribution in [3.05, 3.63) is 53.6 Å². The van der Waals surface area contributed by atoms with Crippen molar-refractivity contribution in [1.82, 2.24) is 14.7 Å². The molecule has 2 aromatic carbocycles. The number of benzene rings is 2. The van der Waals surface area contributed by atoms with Crippen LogP contribution >= 0.6 is 0 Å². The Balaban J connectivity index is 1.46. The summed E-state index contributed by atoms with van der Waals surface area (Å²) >= 11 is 0. The van der Waals surface area contributed by atoms with Crippen molar-refractivity contribution in [2.24, 2.45) is 7.05 Å². The smallest absolute Gasteiger partial charge is 0.416 e. The maximum atomic E-state index is 13.0. The molecule has 0 spiro atoms. The molecule has 0 aliphatic carbocycles. The summed E-state index contributed by atoms with van der Waals surface area (Å²) in [5.41, 5.74) is 1.04. The van der Waals surface area contributed by atoms with E-state index in [0.29, 0.717) is 48.8 Å². The molecule has 1 aliphatic rings. The number of aryl methyl sites for hydroxylation is 1. The number of carbonyl (C=O) groups is 1. The van der Waals surface area contributed by atoms with Gasteiger partial charge in [-0.1, -0.05) is 6.07 Å². The number of halogens is 3. The van der Waals surface area contributed by atoms with Crippen LogP contribution in [0.1, 0.15) is 15.9 Å². The number of alkyl halides is 3. The molecule has 4 rings (SSSR count). The Labute approximate surface area is 171 Å². The lowest BCUT2D eigenvalue weighted by Crippen LogP contribution is -2.48. The van der Waals surface area contributed by atoms with Crippen molar-refractivity contribution in [3.63, 3.8) is 0 Å². The van der Waals surface area contributed by atoms with Gasteiger partial charge in [0.2, 0.25) is 5.88 Å². The number of fused-ring (bicyclic) bond motifs is 1. The van der Waals surface area contributed by atoms with Crippen LogP contribution in [0.3, 0.4) is 0 Å². The summed E-state index contributed by atoms with van der Waals surface area (Å²) in [6.45, 7) is 1.79. The molecule has 1 aliphatic heterocycles. The SMILES string of the molecule is COc1c2ccc(C(=O)N3CCN(c4cccc(C(F)(F)F)c4)CC3)cc2nn1C. The Kier molecular flexibility index (Phi) is 5.05. The minimum atomic E-state index is -4.37. The van der Waals surface area contributed by atoms with Gasteiger partial charge in [-0.3, -0.25) is 4.79 Å². The molecule has 3 aromatic rings. The minimum absolute atomic E-state index is 0.120. The zero-order chi connectivity index (χ0) is 21.5. The molecule has 1 amide bonds. The van der Waals surface area contributed by atoms with E-state index in [4.69, 9.17) is 4.74 Å². The van der Waals surface area contributed by atoms with E-state index in [0.717, 1.165) is 17.5 Å². The largest absolute Gasteiger partial charge is 0.481 e. The molecule has 9 heteroatoms. The minimum Gasteiger partial charge on any atom is -0.481 e. The molecule has 1 saturated heterocycles. The van der Waals surface area contributed by atoms with Gasteiger partial charge in [0.25, 0.3) is 5.91 Å². The molecule has 0 N–H and O–H groups in total. The average Bonchev–Trinajstić information content (AvgIpc) is 3.06. The number of hydrogen-bond donors (Lipinski definition) is 0. The van der Waals surface area contributed by atoms with Gasteiger partial charge in [0.1, 0.15) is 0 Å². The Morgan fingerprint density at radius 3 is 2.47 bits per heavy atom. The number of anilines is 1. The number of amides is 1. The van der Waals surface area contributed by atoms with E-state index in [1.54, 1.807) is 41.9 Å². The second-order valence-electron chi connectivity index (χ2n) is 7.19. The van der Waals surface area contributed by atoms with E-state index in [-0.39, 0.29) is 5.91 Å². The lowest BCUT2D eigenvalue weighted by Gasteiger charge is -2.36. The predicted octanol–water partition coefficient (Wildman–Crippen LogP) is 3.56. The zero-order valence-electron chi connectivity index (χ0n) is 16.6. The maximum Gasteiger partial charge on any atom is 0.416 e. The highest BCUT2D eigenvalue weighted by Crippen LogP contribution is 2.32. The van der Waals surface area contributed by atoms with Crippen molar-refractivity contribution in [2.45, 2.75) is 6.18 Å². The highest BCUT2D eigenvalue weighted by atomic mass is 19.4. The highest BCUT2D eigenvalue weighted by Gasteiger charge is 2.31. The maximum absolute atomic E-state index is 13.0. The van der Waals surface area contributed by atoms with Crippen LogP contribution in [0.15, 0.2) is 42.5 Å². The van der Waals surface area contributed by atoms with Gasteiger partial charge < -0.3 is 14.5 Å². The summed E-state index contributed by atoms with van der Waals surface area (Å²) in [6, 6.07) is 10.6. The van der Waals surface area contributed by atoms with Gasteiger partial charge in [0.05, 0.1) is 23.6 Å². The van der Waals surface area contributed by atoms with Gasteiger partial charge in [-0.05, 0) is 36.4 Å². The van der Waals surface area contributed by atoms with Crippen LogP contribution in [0.5, 0.6) is 5.88 Å². The van der Waals surface area contributed by atoms with E-state index in [1.807, 2.05) is 11.0 Å². The first kappa shape index (κ1) is 20.1. The summed E-state index contributed by atoms with van der Waals surface area (Å²) in [5.74, 6) is 0.504. The molecule has 0 bridgehead atoms. The second kappa shape index (κ2) is 7.55. The first-order valence-corrected chi connectivity index (χ1v) is 9.50. The molecule has 158 valence electrons. The van der Waals surface area contributed by atoms with Crippen LogP contribution in [0.2, 0.25) is 0 Å². The number of nitrogens with zero attached hydrogens (tertiary/aromatic N) is 4. The number of piperazine rings is 1. The van der Waals surface area contributed by atoms with Crippen molar-refractivity contribution in [1.29, 1.82) is 0 Å². The van der Waals surface area contributed by atoms with Crippen LogP contribution < -0.4 is 9.64 Å². The van der Waals surface area contributed by atoms with Crippen molar-refractivity contribution in [3.8, 4) is 5.88 Å². The molecule has 1 fully saturated rings. The normalized spacial score (nSPS) is 15.0. The third-order valence-electron chi connectivity index (χ3n) is 5.33. The fourth-order valence-corrected chi connectivity index (χ4v) is 3.78. The standard InChI is InChI=1S/C21H21F3N4O2/c1-26-20(30-2)17-7-6-14(12-18(17)25-26)19(29)28-10-8-27(9-11-28)16-5-3-4-15(13-16)21(22,23)24/h3-7,12-13H,8-11H2,1-2H3. The first-order chi connectivity index (χ1) is 14.3. The summed E-state index contributed by atoms with van der Waals surface area (Å²) in [5, 5.41) is 5.20. The fraction of sp³-hybridized carbons (Fsp3) is 0.333. The lowest BCUT2D eigenvalue weighted by molar-refractivity contribution is -0.137. The molecular weight excluding hydrogens is 397 g/mol. The molecule has 0 saturated carbocycles. The third kappa shape index (κ3) is 3.67. The highest BCUT2D eigenvalue weighted by molar-refractivity contribution is 5.98. The molecule has 1 aromatic heterocycles. The summed E-state index contributed by atoms with van der Waals surface area (Å²) < 4.78 is 45.8. The zero-order valence-corrected chi connectivity index (χ0v) is 16.6. The number of methoxy groups -OCH3 is 1. The Bertz CT molecular complexity index is 1090. The molecule has 0 radical (unpaired) electrons. The van der Waals surface area contributed by atoms with Crippen molar-refractivity contribution >= 4 is 22.5 Å². The van der Waals surface area contributed by atoms with Crippen LogP contribution in [-0.2, 0) is 13.2 Å². The van der Waals surface area contributed by atoms with E-state index in [2.05, 4.69) is 5.10 Å². The Morgan fingerprint density at radius 2 is 1.80 bits per heavy atom. The van der Waals surface area contributed by atoms with Gasteiger partial charge in [-0.15, -0.1) is 0 Å². The number of aromatic nitrogens is 2. The molecule has 2 heterocycles. The number of carbonyl (C=O) groups excluding carboxylic acids is 1. The fourth-order valence-electron chi connectivity index (χ4n) is 3.78. The predicted molar refractivity (Wildman–Crippen MR) is 107 cm³/mol. The van der Waals surface area contributed by atoms with Crippen molar-refractivity contribution in [2.75, 3.05) is 38.2 Å². The monoisotopic (exact) mass is 418 g/mol. The van der Waals surface area contributed by atoms with Gasteiger partial charge in [-0.2, -0.15) is 18.3 Å². The Morgan fingerprint density at radius 1 is 1.07 bits per heavy atom. The van der Waals surface area contributed by atoms with Gasteiger partial charge in [0.15, 0.2) is 0 Å².